The molecule has 1 fully saturated rings. The predicted molar refractivity (Wildman–Crippen MR) is 48.9 cm³/mol. The largest absolute Gasteiger partial charge is 0.390 e. The van der Waals surface area contributed by atoms with Gasteiger partial charge in [-0.2, -0.15) is 0 Å². The van der Waals surface area contributed by atoms with Gasteiger partial charge in [-0.25, -0.2) is 0 Å². The van der Waals surface area contributed by atoms with Gasteiger partial charge in [-0.1, -0.05) is 20.3 Å². The van der Waals surface area contributed by atoms with Gasteiger partial charge in [0.2, 0.25) is 0 Å². The van der Waals surface area contributed by atoms with E-state index in [4.69, 9.17) is 0 Å². The molecule has 0 radical (unpaired) electrons. The lowest BCUT2D eigenvalue weighted by atomic mass is 9.75. The first kappa shape index (κ1) is 10.0. The summed E-state index contributed by atoms with van der Waals surface area (Å²) in [6.45, 7) is 4.18. The molecule has 3 atom stereocenters. The number of aliphatic hydroxyl groups excluding tert-OH is 1. The molecule has 2 heteroatoms. The van der Waals surface area contributed by atoms with Gasteiger partial charge in [-0.15, -0.1) is 0 Å². The molecule has 0 aliphatic heterocycles. The summed E-state index contributed by atoms with van der Waals surface area (Å²) in [7, 11) is 0. The number of aliphatic hydroxyl groups is 2. The molecule has 1 saturated carbocycles. The minimum atomic E-state index is -0.777. The molecule has 0 aromatic carbocycles. The lowest BCUT2D eigenvalue weighted by molar-refractivity contribution is -0.114. The molecular weight excluding hydrogens is 152 g/mol. The maximum atomic E-state index is 10.0. The SMILES string of the molecule is CCCC1(O)CCC(C)CC1O. The third kappa shape index (κ3) is 1.99. The average Bonchev–Trinajstić information content (AvgIpc) is 1.99. The molecule has 2 N–H and O–H groups in total. The Morgan fingerprint density at radius 2 is 2.17 bits per heavy atom. The highest BCUT2D eigenvalue weighted by Gasteiger charge is 2.38. The Morgan fingerprint density at radius 3 is 2.67 bits per heavy atom. The Balaban J connectivity index is 2.53. The maximum absolute atomic E-state index is 10.0. The van der Waals surface area contributed by atoms with E-state index in [2.05, 4.69) is 6.92 Å². The molecule has 1 rings (SSSR count). The second-order valence-electron chi connectivity index (χ2n) is 4.25. The highest BCUT2D eigenvalue weighted by Crippen LogP contribution is 2.34. The van der Waals surface area contributed by atoms with Crippen molar-refractivity contribution in [3.63, 3.8) is 0 Å². The zero-order chi connectivity index (χ0) is 9.19. The summed E-state index contributed by atoms with van der Waals surface area (Å²) >= 11 is 0. The Labute approximate surface area is 74.6 Å². The van der Waals surface area contributed by atoms with Gasteiger partial charge >= 0.3 is 0 Å². The zero-order valence-electron chi connectivity index (χ0n) is 8.08. The molecule has 1 aliphatic carbocycles. The van der Waals surface area contributed by atoms with Crippen LogP contribution in [0.2, 0.25) is 0 Å². The van der Waals surface area contributed by atoms with Crippen LogP contribution in [0.1, 0.15) is 46.0 Å². The van der Waals surface area contributed by atoms with Crippen LogP contribution in [0.5, 0.6) is 0 Å². The monoisotopic (exact) mass is 172 g/mol. The van der Waals surface area contributed by atoms with Gasteiger partial charge in [-0.3, -0.25) is 0 Å². The Morgan fingerprint density at radius 1 is 1.50 bits per heavy atom. The van der Waals surface area contributed by atoms with Crippen LogP contribution in [0, 0.1) is 5.92 Å². The molecule has 0 aromatic rings. The first-order chi connectivity index (χ1) is 5.58. The summed E-state index contributed by atoms with van der Waals surface area (Å²) in [4.78, 5) is 0. The van der Waals surface area contributed by atoms with Gasteiger partial charge in [0.25, 0.3) is 0 Å². The van der Waals surface area contributed by atoms with Crippen LogP contribution in [-0.2, 0) is 0 Å². The minimum absolute atomic E-state index is 0.499. The molecule has 2 nitrogen and oxygen atoms in total. The first-order valence-corrected chi connectivity index (χ1v) is 4.99. The minimum Gasteiger partial charge on any atom is -0.390 e. The van der Waals surface area contributed by atoms with E-state index in [9.17, 15) is 10.2 Å². The fourth-order valence-corrected chi connectivity index (χ4v) is 2.11. The summed E-state index contributed by atoms with van der Waals surface area (Å²) in [5, 5.41) is 19.7. The van der Waals surface area contributed by atoms with Crippen molar-refractivity contribution in [3.05, 3.63) is 0 Å². The molecule has 0 amide bonds. The van der Waals surface area contributed by atoms with Crippen molar-refractivity contribution in [2.45, 2.75) is 57.7 Å². The van der Waals surface area contributed by atoms with Crippen molar-refractivity contribution in [2.75, 3.05) is 0 Å². The summed E-state index contributed by atoms with van der Waals surface area (Å²) < 4.78 is 0. The number of hydrogen-bond donors (Lipinski definition) is 2. The number of hydrogen-bond acceptors (Lipinski definition) is 2. The third-order valence-electron chi connectivity index (χ3n) is 3.00. The lowest BCUT2D eigenvalue weighted by Gasteiger charge is -2.39. The topological polar surface area (TPSA) is 40.5 Å². The molecule has 0 saturated heterocycles. The Hall–Kier alpha value is -0.0800. The van der Waals surface area contributed by atoms with E-state index >= 15 is 0 Å². The van der Waals surface area contributed by atoms with E-state index in [1.165, 1.54) is 0 Å². The van der Waals surface area contributed by atoms with Crippen LogP contribution >= 0.6 is 0 Å². The first-order valence-electron chi connectivity index (χ1n) is 4.99. The van der Waals surface area contributed by atoms with E-state index in [1.807, 2.05) is 6.92 Å². The number of rotatable bonds is 2. The van der Waals surface area contributed by atoms with Gasteiger partial charge in [0.05, 0.1) is 11.7 Å². The van der Waals surface area contributed by atoms with Crippen LogP contribution in [-0.4, -0.2) is 21.9 Å². The maximum Gasteiger partial charge on any atom is 0.0905 e. The zero-order valence-corrected chi connectivity index (χ0v) is 8.08. The molecule has 1 aliphatic rings. The van der Waals surface area contributed by atoms with E-state index in [-0.39, 0.29) is 0 Å². The highest BCUT2D eigenvalue weighted by molar-refractivity contribution is 4.91. The fourth-order valence-electron chi connectivity index (χ4n) is 2.11. The Bertz CT molecular complexity index is 147. The molecule has 0 spiro atoms. The predicted octanol–water partition coefficient (Wildman–Crippen LogP) is 1.70. The van der Waals surface area contributed by atoms with Crippen molar-refractivity contribution in [2.24, 2.45) is 5.92 Å². The van der Waals surface area contributed by atoms with Crippen LogP contribution in [0.25, 0.3) is 0 Å². The van der Waals surface area contributed by atoms with Crippen LogP contribution in [0.4, 0.5) is 0 Å². The van der Waals surface area contributed by atoms with Crippen LogP contribution in [0.3, 0.4) is 0 Å². The average molecular weight is 172 g/mol. The molecule has 0 heterocycles. The van der Waals surface area contributed by atoms with Gasteiger partial charge in [-0.05, 0) is 31.6 Å². The van der Waals surface area contributed by atoms with E-state index < -0.39 is 11.7 Å². The van der Waals surface area contributed by atoms with Crippen LogP contribution in [0.15, 0.2) is 0 Å². The fraction of sp³-hybridized carbons (Fsp3) is 1.00. The van der Waals surface area contributed by atoms with Crippen molar-refractivity contribution < 1.29 is 10.2 Å². The smallest absolute Gasteiger partial charge is 0.0905 e. The van der Waals surface area contributed by atoms with E-state index in [1.54, 1.807) is 0 Å². The quantitative estimate of drug-likeness (QED) is 0.665. The molecule has 0 bridgehead atoms. The summed E-state index contributed by atoms with van der Waals surface area (Å²) in [6.07, 6.45) is 3.76. The molecular formula is C10H20O2. The van der Waals surface area contributed by atoms with Crippen molar-refractivity contribution in [3.8, 4) is 0 Å². The van der Waals surface area contributed by atoms with Gasteiger partial charge in [0.15, 0.2) is 0 Å². The van der Waals surface area contributed by atoms with Crippen LogP contribution < -0.4 is 0 Å². The third-order valence-corrected chi connectivity index (χ3v) is 3.00. The van der Waals surface area contributed by atoms with Gasteiger partial charge < -0.3 is 10.2 Å². The summed E-state index contributed by atoms with van der Waals surface area (Å²) in [6, 6.07) is 0. The molecule has 72 valence electrons. The van der Waals surface area contributed by atoms with Crippen molar-refractivity contribution in [1.29, 1.82) is 0 Å². The molecule has 0 aromatic heterocycles. The molecule has 12 heavy (non-hydrogen) atoms. The molecule has 3 unspecified atom stereocenters. The van der Waals surface area contributed by atoms with Gasteiger partial charge in [0, 0.05) is 0 Å². The van der Waals surface area contributed by atoms with Gasteiger partial charge in [0.1, 0.15) is 0 Å². The van der Waals surface area contributed by atoms with E-state index in [0.717, 1.165) is 32.1 Å². The highest BCUT2D eigenvalue weighted by atomic mass is 16.3. The van der Waals surface area contributed by atoms with Crippen molar-refractivity contribution >= 4 is 0 Å². The second-order valence-corrected chi connectivity index (χ2v) is 4.25. The standard InChI is InChI=1S/C10H20O2/c1-3-5-10(12)6-4-8(2)7-9(10)11/h8-9,11-12H,3-7H2,1-2H3. The summed E-state index contributed by atoms with van der Waals surface area (Å²) in [5.41, 5.74) is -0.777. The van der Waals surface area contributed by atoms with E-state index in [0.29, 0.717) is 5.92 Å². The normalized spacial score (nSPS) is 43.0. The lowest BCUT2D eigenvalue weighted by Crippen LogP contribution is -2.46. The Kier molecular flexibility index (Phi) is 3.13. The summed E-state index contributed by atoms with van der Waals surface area (Å²) in [5.74, 6) is 0.567. The van der Waals surface area contributed by atoms with Crippen molar-refractivity contribution in [1.82, 2.24) is 0 Å². The second kappa shape index (κ2) is 3.75.